The van der Waals surface area contributed by atoms with Gasteiger partial charge >= 0.3 is 11.9 Å². The van der Waals surface area contributed by atoms with Crippen LogP contribution in [0.3, 0.4) is 0 Å². The first-order valence-corrected chi connectivity index (χ1v) is 8.29. The van der Waals surface area contributed by atoms with Gasteiger partial charge in [-0.15, -0.1) is 12.4 Å². The Hall–Kier alpha value is -1.32. The largest absolute Gasteiger partial charge is 0.469 e. The summed E-state index contributed by atoms with van der Waals surface area (Å²) in [6, 6.07) is 0.446. The van der Waals surface area contributed by atoms with Crippen LogP contribution in [-0.4, -0.2) is 38.2 Å². The highest BCUT2D eigenvalue weighted by molar-refractivity contribution is 5.85. The van der Waals surface area contributed by atoms with Crippen molar-refractivity contribution in [2.45, 2.75) is 63.5 Å². The number of halogens is 1. The summed E-state index contributed by atoms with van der Waals surface area (Å²) in [5.74, 6) is -0.0249. The maximum absolute atomic E-state index is 11.1. The molecule has 0 radical (unpaired) electrons. The van der Waals surface area contributed by atoms with E-state index in [0.717, 1.165) is 51.4 Å². The van der Waals surface area contributed by atoms with E-state index in [2.05, 4.69) is 14.3 Å². The molecule has 2 rings (SSSR count). The van der Waals surface area contributed by atoms with Crippen molar-refractivity contribution in [1.82, 2.24) is 0 Å². The van der Waals surface area contributed by atoms with Crippen molar-refractivity contribution in [3.8, 4) is 0 Å². The van der Waals surface area contributed by atoms with Gasteiger partial charge in [-0.3, -0.25) is 9.59 Å². The standard InChI is InChI=1S/C9H13NO2.C8H15NO2.ClH/c1-10-8-5-3-7(4-6-8)9(11)12-2;1-11-8(10)6-2-4-7(9)5-3-6;/h7-8H,3-6H2,2H3;6-7H,2-5,9H2,1H3;1H/t;6-,7-;. The lowest BCUT2D eigenvalue weighted by Gasteiger charge is -2.23. The highest BCUT2D eigenvalue weighted by Gasteiger charge is 2.29. The van der Waals surface area contributed by atoms with Gasteiger partial charge in [0, 0.05) is 18.9 Å². The Morgan fingerprint density at radius 3 is 1.58 bits per heavy atom. The summed E-state index contributed by atoms with van der Waals surface area (Å²) in [7, 11) is 2.86. The molecule has 6 nitrogen and oxygen atoms in total. The van der Waals surface area contributed by atoms with Gasteiger partial charge in [0.1, 0.15) is 0 Å². The second-order valence-electron chi connectivity index (χ2n) is 6.29. The van der Waals surface area contributed by atoms with Crippen LogP contribution in [0, 0.1) is 18.4 Å². The molecule has 0 atom stereocenters. The van der Waals surface area contributed by atoms with Gasteiger partial charge in [-0.1, -0.05) is 0 Å². The molecular weight excluding hydrogens is 332 g/mol. The fraction of sp³-hybridized carbons (Fsp3) is 0.824. The first-order chi connectivity index (χ1) is 11.0. The van der Waals surface area contributed by atoms with E-state index >= 15 is 0 Å². The van der Waals surface area contributed by atoms with E-state index in [-0.39, 0.29) is 42.2 Å². The molecule has 2 aliphatic rings. The molecule has 2 saturated carbocycles. The van der Waals surface area contributed by atoms with Crippen LogP contribution < -0.4 is 5.73 Å². The molecule has 0 bridgehead atoms. The number of carbonyl (C=O) groups excluding carboxylic acids is 2. The minimum absolute atomic E-state index is 0. The number of nitrogens with two attached hydrogens (primary N) is 1. The average molecular weight is 361 g/mol. The maximum atomic E-state index is 11.1. The normalized spacial score (nSPS) is 28.9. The Labute approximate surface area is 150 Å². The molecule has 2 N–H and O–H groups in total. The van der Waals surface area contributed by atoms with Crippen LogP contribution in [0.15, 0.2) is 0 Å². The zero-order valence-corrected chi connectivity index (χ0v) is 15.3. The lowest BCUT2D eigenvalue weighted by molar-refractivity contribution is -0.147. The SMILES string of the molecule is COC(=O)[C@H]1CC[C@H](N)CC1.Cl.[C-]#[N+]C1CCC(C(=O)OC)CC1. The molecule has 0 saturated heterocycles. The van der Waals surface area contributed by atoms with Gasteiger partial charge in [0.05, 0.1) is 26.1 Å². The van der Waals surface area contributed by atoms with E-state index in [0.29, 0.717) is 6.04 Å². The molecule has 0 aromatic heterocycles. The quantitative estimate of drug-likeness (QED) is 0.604. The molecule has 2 fully saturated rings. The van der Waals surface area contributed by atoms with Crippen molar-refractivity contribution in [3.63, 3.8) is 0 Å². The fourth-order valence-electron chi connectivity index (χ4n) is 3.13. The highest BCUT2D eigenvalue weighted by atomic mass is 35.5. The molecule has 0 aromatic rings. The zero-order chi connectivity index (χ0) is 17.2. The summed E-state index contributed by atoms with van der Waals surface area (Å²) in [5, 5.41) is 0. The van der Waals surface area contributed by atoms with E-state index in [1.807, 2.05) is 0 Å². The number of rotatable bonds is 2. The second kappa shape index (κ2) is 12.1. The number of ether oxygens (including phenoxy) is 2. The van der Waals surface area contributed by atoms with Gasteiger partial charge < -0.3 is 20.1 Å². The molecule has 0 aliphatic heterocycles. The summed E-state index contributed by atoms with van der Waals surface area (Å²) in [4.78, 5) is 25.5. The third-order valence-corrected chi connectivity index (χ3v) is 4.72. The van der Waals surface area contributed by atoms with Gasteiger partial charge in [0.25, 0.3) is 0 Å². The lowest BCUT2D eigenvalue weighted by Crippen LogP contribution is -2.30. The Morgan fingerprint density at radius 2 is 1.25 bits per heavy atom. The third-order valence-electron chi connectivity index (χ3n) is 4.72. The van der Waals surface area contributed by atoms with Crippen LogP contribution in [-0.2, 0) is 19.1 Å². The molecule has 0 amide bonds. The van der Waals surface area contributed by atoms with Crippen LogP contribution in [0.25, 0.3) is 4.85 Å². The van der Waals surface area contributed by atoms with Gasteiger partial charge in [-0.2, -0.15) is 0 Å². The molecule has 2 aliphatic carbocycles. The second-order valence-corrected chi connectivity index (χ2v) is 6.29. The van der Waals surface area contributed by atoms with E-state index in [1.54, 1.807) is 0 Å². The van der Waals surface area contributed by atoms with Crippen molar-refractivity contribution in [1.29, 1.82) is 0 Å². The summed E-state index contributed by atoms with van der Waals surface area (Å²) < 4.78 is 9.29. The van der Waals surface area contributed by atoms with E-state index in [9.17, 15) is 9.59 Å². The van der Waals surface area contributed by atoms with Gasteiger partial charge in [-0.25, -0.2) is 6.57 Å². The van der Waals surface area contributed by atoms with Crippen LogP contribution >= 0.6 is 12.4 Å². The molecule has 0 spiro atoms. The smallest absolute Gasteiger partial charge is 0.308 e. The van der Waals surface area contributed by atoms with Crippen LogP contribution in [0.2, 0.25) is 0 Å². The number of hydrogen-bond donors (Lipinski definition) is 1. The Kier molecular flexibility index (Phi) is 11.4. The first-order valence-electron chi connectivity index (χ1n) is 8.29. The Morgan fingerprint density at radius 1 is 0.875 bits per heavy atom. The van der Waals surface area contributed by atoms with Crippen LogP contribution in [0.1, 0.15) is 51.4 Å². The minimum Gasteiger partial charge on any atom is -0.469 e. The number of methoxy groups -OCH3 is 2. The molecule has 0 unspecified atom stereocenters. The molecule has 7 heteroatoms. The molecule has 0 aromatic carbocycles. The molecule has 0 heterocycles. The predicted octanol–water partition coefficient (Wildman–Crippen LogP) is 2.74. The van der Waals surface area contributed by atoms with Crippen molar-refractivity contribution in [2.24, 2.45) is 17.6 Å². The number of carbonyl (C=O) groups is 2. The average Bonchev–Trinajstić information content (AvgIpc) is 2.61. The Balaban J connectivity index is 0.000000425. The number of esters is 2. The van der Waals surface area contributed by atoms with Crippen molar-refractivity contribution in [3.05, 3.63) is 11.4 Å². The maximum Gasteiger partial charge on any atom is 0.308 e. The first kappa shape index (κ1) is 22.7. The summed E-state index contributed by atoms with van der Waals surface area (Å²) in [6.45, 7) is 6.82. The van der Waals surface area contributed by atoms with Crippen LogP contribution in [0.5, 0.6) is 0 Å². The number of hydrogen-bond acceptors (Lipinski definition) is 5. The van der Waals surface area contributed by atoms with Crippen molar-refractivity contribution < 1.29 is 19.1 Å². The van der Waals surface area contributed by atoms with Gasteiger partial charge in [-0.05, 0) is 38.5 Å². The van der Waals surface area contributed by atoms with Crippen molar-refractivity contribution >= 4 is 24.3 Å². The monoisotopic (exact) mass is 360 g/mol. The molecule has 138 valence electrons. The van der Waals surface area contributed by atoms with Gasteiger partial charge in [0.2, 0.25) is 6.04 Å². The topological polar surface area (TPSA) is 83.0 Å². The van der Waals surface area contributed by atoms with Crippen LogP contribution in [0.4, 0.5) is 0 Å². The number of nitrogens with zero attached hydrogens (tertiary/aromatic N) is 1. The highest BCUT2D eigenvalue weighted by Crippen LogP contribution is 2.27. The molecular formula is C17H29ClN2O4. The lowest BCUT2D eigenvalue weighted by atomic mass is 9.86. The summed E-state index contributed by atoms with van der Waals surface area (Å²) >= 11 is 0. The van der Waals surface area contributed by atoms with E-state index < -0.39 is 0 Å². The van der Waals surface area contributed by atoms with E-state index in [1.165, 1.54) is 14.2 Å². The predicted molar refractivity (Wildman–Crippen MR) is 93.6 cm³/mol. The fourth-order valence-corrected chi connectivity index (χ4v) is 3.13. The third kappa shape index (κ3) is 7.50. The zero-order valence-electron chi connectivity index (χ0n) is 14.5. The summed E-state index contributed by atoms with van der Waals surface area (Å²) in [5.41, 5.74) is 5.69. The van der Waals surface area contributed by atoms with Crippen molar-refractivity contribution in [2.75, 3.05) is 14.2 Å². The Bertz CT molecular complexity index is 423. The minimum atomic E-state index is -0.113. The van der Waals surface area contributed by atoms with E-state index in [4.69, 9.17) is 12.3 Å². The summed E-state index contributed by atoms with van der Waals surface area (Å²) in [6.07, 6.45) is 7.05. The van der Waals surface area contributed by atoms with Gasteiger partial charge in [0.15, 0.2) is 0 Å². The molecule has 24 heavy (non-hydrogen) atoms.